The van der Waals surface area contributed by atoms with Crippen LogP contribution in [0.15, 0.2) is 73.3 Å². The first kappa shape index (κ1) is 36.4. The summed E-state index contributed by atoms with van der Waals surface area (Å²) < 4.78 is 10.3. The van der Waals surface area contributed by atoms with Gasteiger partial charge in [-0.15, -0.1) is 0 Å². The molecular formula is C26H20N6O6RuS2. The van der Waals surface area contributed by atoms with Crippen molar-refractivity contribution in [2.24, 2.45) is 0 Å². The molecule has 4 heterocycles. The van der Waals surface area contributed by atoms with Crippen molar-refractivity contribution in [3.05, 3.63) is 95.3 Å². The number of hydrogen-bond donors (Lipinski definition) is 2. The second kappa shape index (κ2) is 20.3. The topological polar surface area (TPSA) is 189 Å². The van der Waals surface area contributed by atoms with Gasteiger partial charge in [0.1, 0.15) is 11.5 Å². The molecule has 0 amide bonds. The summed E-state index contributed by atoms with van der Waals surface area (Å²) in [7, 11) is 3.25. The van der Waals surface area contributed by atoms with E-state index in [0.29, 0.717) is 11.4 Å². The number of aromatic nitrogens is 4. The van der Waals surface area contributed by atoms with Crippen LogP contribution in [0.3, 0.4) is 0 Å². The Bertz CT molecular complexity index is 1400. The smallest absolute Gasteiger partial charge is 0.753 e. The Morgan fingerprint density at radius 3 is 1.20 bits per heavy atom. The van der Waals surface area contributed by atoms with E-state index in [4.69, 9.17) is 30.5 Å². The molecule has 0 saturated carbocycles. The SMILES string of the molecule is COc1ccnc(-c2cc(OC)ccn2)c1.O=C(O)c1ccnc(-c2cc(C(=O)O)ccn2)c1.[N-]=C=S.[N-]=C=S.[Ru+2]. The maximum absolute atomic E-state index is 10.8. The fourth-order valence-electron chi connectivity index (χ4n) is 2.76. The van der Waals surface area contributed by atoms with Crippen molar-refractivity contribution in [3.8, 4) is 34.3 Å². The van der Waals surface area contributed by atoms with Crippen molar-refractivity contribution in [1.82, 2.24) is 19.9 Å². The first-order valence-corrected chi connectivity index (χ1v) is 11.5. The van der Waals surface area contributed by atoms with Gasteiger partial charge in [0.2, 0.25) is 0 Å². The number of carboxylic acids is 2. The molecule has 0 bridgehead atoms. The molecule has 0 unspecified atom stereocenters. The van der Waals surface area contributed by atoms with Crippen molar-refractivity contribution in [1.29, 1.82) is 0 Å². The number of aromatic carboxylic acids is 2. The van der Waals surface area contributed by atoms with Crippen LogP contribution in [-0.4, -0.2) is 66.6 Å². The summed E-state index contributed by atoms with van der Waals surface area (Å²) in [6.07, 6.45) is 6.06. The molecule has 0 radical (unpaired) electrons. The third kappa shape index (κ3) is 12.8. The number of thiocarbonyl (C=S) groups is 2. The van der Waals surface area contributed by atoms with Crippen LogP contribution in [0.1, 0.15) is 20.7 Å². The second-order valence-corrected chi connectivity index (χ2v) is 7.18. The van der Waals surface area contributed by atoms with Crippen LogP contribution >= 0.6 is 24.4 Å². The van der Waals surface area contributed by atoms with Gasteiger partial charge in [-0.3, -0.25) is 19.9 Å². The fraction of sp³-hybridized carbons (Fsp3) is 0.0769. The van der Waals surface area contributed by atoms with E-state index in [0.717, 1.165) is 22.9 Å². The monoisotopic (exact) mass is 678 g/mol. The summed E-state index contributed by atoms with van der Waals surface area (Å²) in [5, 5.41) is 34.6. The first-order valence-electron chi connectivity index (χ1n) is 10.7. The van der Waals surface area contributed by atoms with Crippen LogP contribution in [0, 0.1) is 0 Å². The van der Waals surface area contributed by atoms with Crippen LogP contribution in [0.5, 0.6) is 11.5 Å². The Kier molecular flexibility index (Phi) is 18.0. The summed E-state index contributed by atoms with van der Waals surface area (Å²) >= 11 is 7.40. The molecule has 0 fully saturated rings. The van der Waals surface area contributed by atoms with E-state index >= 15 is 0 Å². The quantitative estimate of drug-likeness (QED) is 0.158. The molecule has 4 aromatic heterocycles. The molecule has 2 N–H and O–H groups in total. The zero-order valence-electron chi connectivity index (χ0n) is 21.3. The van der Waals surface area contributed by atoms with Gasteiger partial charge in [-0.2, -0.15) is 10.3 Å². The Balaban J connectivity index is 0.000000645. The minimum atomic E-state index is -1.08. The van der Waals surface area contributed by atoms with E-state index in [9.17, 15) is 9.59 Å². The van der Waals surface area contributed by atoms with Gasteiger partial charge in [0.15, 0.2) is 0 Å². The van der Waals surface area contributed by atoms with Gasteiger partial charge in [-0.05, 0) is 36.4 Å². The van der Waals surface area contributed by atoms with Crippen molar-refractivity contribution in [3.63, 3.8) is 0 Å². The molecule has 4 aromatic rings. The molecule has 0 aliphatic rings. The van der Waals surface area contributed by atoms with Crippen molar-refractivity contribution >= 4 is 46.7 Å². The minimum Gasteiger partial charge on any atom is -0.753 e. The van der Waals surface area contributed by atoms with E-state index in [-0.39, 0.29) is 30.6 Å². The third-order valence-electron chi connectivity index (χ3n) is 4.47. The van der Waals surface area contributed by atoms with E-state index in [1.807, 2.05) is 12.1 Å². The Labute approximate surface area is 258 Å². The third-order valence-corrected chi connectivity index (χ3v) is 4.47. The zero-order valence-corrected chi connectivity index (χ0v) is 24.7. The summed E-state index contributed by atoms with van der Waals surface area (Å²) in [5.41, 5.74) is 2.30. The summed E-state index contributed by atoms with van der Waals surface area (Å²) in [5.74, 6) is -0.634. The number of isothiocyanates is 2. The van der Waals surface area contributed by atoms with Gasteiger partial charge in [0.25, 0.3) is 0 Å². The van der Waals surface area contributed by atoms with Crippen molar-refractivity contribution in [2.75, 3.05) is 14.2 Å². The number of ether oxygens (including phenoxy) is 2. The molecule has 0 atom stereocenters. The molecule has 0 aromatic carbocycles. The minimum absolute atomic E-state index is 0. The molecule has 12 nitrogen and oxygen atoms in total. The molecule has 0 aliphatic carbocycles. The number of nitrogens with zero attached hydrogens (tertiary/aromatic N) is 6. The maximum Gasteiger partial charge on any atom is 2.00 e. The van der Waals surface area contributed by atoms with E-state index < -0.39 is 11.9 Å². The van der Waals surface area contributed by atoms with Crippen LogP contribution in [0.4, 0.5) is 0 Å². The van der Waals surface area contributed by atoms with Gasteiger partial charge >= 0.3 is 31.4 Å². The van der Waals surface area contributed by atoms with E-state index in [1.54, 1.807) is 38.7 Å². The Morgan fingerprint density at radius 1 is 0.659 bits per heavy atom. The van der Waals surface area contributed by atoms with Gasteiger partial charge in [-0.25, -0.2) is 9.59 Å². The molecule has 41 heavy (non-hydrogen) atoms. The van der Waals surface area contributed by atoms with Gasteiger partial charge in [0.05, 0.1) is 48.1 Å². The standard InChI is InChI=1S/C12H8N2O4.C12H12N2O2.2CNS.Ru/c15-11(16)7-1-3-13-9(5-7)10-6-8(12(17)18)2-4-14-10;1-15-9-3-5-13-11(7-9)12-8-10(16-2)4-6-14-12;2*2-1-3;/h1-6H,(H,15,16)(H,17,18);3-8H,1-2H3;;;/q;;2*-1;+2. The van der Waals surface area contributed by atoms with E-state index in [1.165, 1.54) is 47.0 Å². The summed E-state index contributed by atoms with van der Waals surface area (Å²) in [4.78, 5) is 38.1. The molecule has 0 saturated heterocycles. The maximum atomic E-state index is 10.8. The molecular weight excluding hydrogens is 658 g/mol. The average Bonchev–Trinajstić information content (AvgIpc) is 2.98. The van der Waals surface area contributed by atoms with Gasteiger partial charge < -0.3 is 30.5 Å². The van der Waals surface area contributed by atoms with Crippen molar-refractivity contribution < 1.29 is 48.8 Å². The molecule has 0 spiro atoms. The largest absolute Gasteiger partial charge is 2.00 e. The number of carboxylic acid groups (broad SMARTS) is 2. The average molecular weight is 678 g/mol. The number of carbonyl (C=O) groups is 2. The number of methoxy groups -OCH3 is 2. The Morgan fingerprint density at radius 2 is 0.927 bits per heavy atom. The predicted octanol–water partition coefficient (Wildman–Crippen LogP) is 5.02. The van der Waals surface area contributed by atoms with Gasteiger partial charge in [-0.1, -0.05) is 24.4 Å². The fourth-order valence-corrected chi connectivity index (χ4v) is 2.76. The predicted molar refractivity (Wildman–Crippen MR) is 154 cm³/mol. The van der Waals surface area contributed by atoms with Crippen LogP contribution in [-0.2, 0) is 19.5 Å². The zero-order chi connectivity index (χ0) is 29.9. The number of rotatable bonds is 6. The molecule has 15 heteroatoms. The number of pyridine rings is 4. The number of hydrogen-bond acceptors (Lipinski definition) is 10. The summed E-state index contributed by atoms with van der Waals surface area (Å²) in [6.45, 7) is 0. The molecule has 0 aliphatic heterocycles. The van der Waals surface area contributed by atoms with Crippen LogP contribution in [0.2, 0.25) is 0 Å². The normalized spacial score (nSPS) is 8.63. The molecule has 4 rings (SSSR count). The second-order valence-electron chi connectivity index (χ2n) is 6.81. The van der Waals surface area contributed by atoms with Crippen LogP contribution in [0.25, 0.3) is 33.6 Å². The molecule has 210 valence electrons. The van der Waals surface area contributed by atoms with Crippen molar-refractivity contribution in [2.45, 2.75) is 0 Å². The van der Waals surface area contributed by atoms with Gasteiger partial charge in [0, 0.05) is 36.9 Å². The Hall–Kier alpha value is -4.64. The van der Waals surface area contributed by atoms with E-state index in [2.05, 4.69) is 44.4 Å². The summed E-state index contributed by atoms with van der Waals surface area (Å²) in [6, 6.07) is 12.7. The first-order chi connectivity index (χ1) is 19.2. The van der Waals surface area contributed by atoms with Crippen LogP contribution < -0.4 is 9.47 Å².